The fraction of sp³-hybridized carbons (Fsp3) is 0.652. The van der Waals surface area contributed by atoms with Gasteiger partial charge >= 0.3 is 12.2 Å². The van der Waals surface area contributed by atoms with Gasteiger partial charge < -0.3 is 20.1 Å². The largest absolute Gasteiger partial charge is 0.465 e. The van der Waals surface area contributed by atoms with E-state index in [1.807, 2.05) is 23.1 Å². The summed E-state index contributed by atoms with van der Waals surface area (Å²) >= 11 is 0. The normalized spacial score (nSPS) is 23.2. The van der Waals surface area contributed by atoms with E-state index >= 15 is 0 Å². The van der Waals surface area contributed by atoms with Crippen LogP contribution < -0.4 is 10.1 Å². The van der Waals surface area contributed by atoms with Gasteiger partial charge in [-0.15, -0.1) is 0 Å². The smallest absolute Gasteiger partial charge is 0.415 e. The lowest BCUT2D eigenvalue weighted by atomic mass is 9.62. The van der Waals surface area contributed by atoms with Crippen LogP contribution in [0.1, 0.15) is 66.2 Å². The summed E-state index contributed by atoms with van der Waals surface area (Å²) in [6.07, 6.45) is 4.19. The molecule has 0 spiro atoms. The molecule has 1 fully saturated rings. The van der Waals surface area contributed by atoms with Gasteiger partial charge in [-0.3, -0.25) is 0 Å². The Morgan fingerprint density at radius 3 is 2.48 bits per heavy atom. The van der Waals surface area contributed by atoms with Crippen molar-refractivity contribution in [1.29, 1.82) is 0 Å². The molecule has 2 unspecified atom stereocenters. The van der Waals surface area contributed by atoms with Crippen molar-refractivity contribution in [3.8, 4) is 5.75 Å². The standard InChI is InChI=1S/C23H36N2O4/c1-5-6-10-13-25(21(28)29-19-11-8-7-9-12-19)17-23(4)15-18(24-20(26)27)14-22(2,3)16-23/h7-9,11-12,18,24H,5-6,10,13-17H2,1-4H3,(H,26,27). The van der Waals surface area contributed by atoms with Crippen LogP contribution in [-0.4, -0.2) is 41.3 Å². The van der Waals surface area contributed by atoms with E-state index in [4.69, 9.17) is 4.74 Å². The van der Waals surface area contributed by atoms with Gasteiger partial charge in [0.05, 0.1) is 0 Å². The van der Waals surface area contributed by atoms with E-state index in [1.165, 1.54) is 0 Å². The second-order valence-electron chi connectivity index (χ2n) is 9.52. The van der Waals surface area contributed by atoms with Crippen LogP contribution in [0.15, 0.2) is 30.3 Å². The average molecular weight is 405 g/mol. The SMILES string of the molecule is CCCCCN(CC1(C)CC(NC(=O)O)CC(C)(C)C1)C(=O)Oc1ccccc1. The number of amides is 2. The predicted molar refractivity (Wildman–Crippen MR) is 114 cm³/mol. The maximum Gasteiger partial charge on any atom is 0.415 e. The first kappa shape index (κ1) is 23.0. The number of hydrogen-bond donors (Lipinski definition) is 2. The third-order valence-corrected chi connectivity index (χ3v) is 5.58. The lowest BCUT2D eigenvalue weighted by Gasteiger charge is -2.48. The Balaban J connectivity index is 2.14. The van der Waals surface area contributed by atoms with Crippen molar-refractivity contribution < 1.29 is 19.4 Å². The zero-order valence-electron chi connectivity index (χ0n) is 18.2. The van der Waals surface area contributed by atoms with Gasteiger partial charge in [-0.1, -0.05) is 58.7 Å². The molecule has 0 heterocycles. The Labute approximate surface area is 174 Å². The summed E-state index contributed by atoms with van der Waals surface area (Å²) in [6, 6.07) is 9.02. The van der Waals surface area contributed by atoms with Gasteiger partial charge in [0.1, 0.15) is 5.75 Å². The van der Waals surface area contributed by atoms with Crippen molar-refractivity contribution in [2.45, 2.75) is 72.3 Å². The lowest BCUT2D eigenvalue weighted by Crippen LogP contribution is -2.51. The lowest BCUT2D eigenvalue weighted by molar-refractivity contribution is 0.0390. The minimum absolute atomic E-state index is 0.00145. The van der Waals surface area contributed by atoms with Gasteiger partial charge in [-0.2, -0.15) is 0 Å². The molecule has 2 rings (SSSR count). The number of carboxylic acid groups (broad SMARTS) is 1. The molecule has 1 aliphatic rings. The monoisotopic (exact) mass is 404 g/mol. The maximum atomic E-state index is 12.9. The topological polar surface area (TPSA) is 78.9 Å². The van der Waals surface area contributed by atoms with Crippen LogP contribution in [0.3, 0.4) is 0 Å². The fourth-order valence-electron chi connectivity index (χ4n) is 4.93. The first-order chi connectivity index (χ1) is 13.6. The van der Waals surface area contributed by atoms with E-state index in [1.54, 1.807) is 12.1 Å². The molecule has 2 atom stereocenters. The molecule has 0 saturated heterocycles. The highest BCUT2D eigenvalue weighted by atomic mass is 16.6. The molecule has 0 aromatic heterocycles. The Bertz CT molecular complexity index is 677. The molecule has 1 saturated carbocycles. The molecule has 2 N–H and O–H groups in total. The highest BCUT2D eigenvalue weighted by Crippen LogP contribution is 2.46. The zero-order chi connectivity index (χ0) is 21.5. The van der Waals surface area contributed by atoms with Crippen molar-refractivity contribution in [2.24, 2.45) is 10.8 Å². The molecule has 1 aromatic rings. The number of carbonyl (C=O) groups excluding carboxylic acids is 1. The van der Waals surface area contributed by atoms with E-state index < -0.39 is 6.09 Å². The minimum Gasteiger partial charge on any atom is -0.465 e. The summed E-state index contributed by atoms with van der Waals surface area (Å²) in [7, 11) is 0. The molecule has 0 radical (unpaired) electrons. The van der Waals surface area contributed by atoms with Gasteiger partial charge in [0, 0.05) is 19.1 Å². The molecular formula is C23H36N2O4. The number of benzene rings is 1. The van der Waals surface area contributed by atoms with E-state index in [2.05, 4.69) is 33.0 Å². The van der Waals surface area contributed by atoms with Crippen molar-refractivity contribution in [3.63, 3.8) is 0 Å². The highest BCUT2D eigenvalue weighted by molar-refractivity contribution is 5.70. The number of unbranched alkanes of at least 4 members (excludes halogenated alkanes) is 2. The number of rotatable bonds is 8. The Morgan fingerprint density at radius 2 is 1.86 bits per heavy atom. The van der Waals surface area contributed by atoms with Crippen molar-refractivity contribution in [2.75, 3.05) is 13.1 Å². The maximum absolute atomic E-state index is 12.9. The van der Waals surface area contributed by atoms with Crippen LogP contribution in [-0.2, 0) is 0 Å². The summed E-state index contributed by atoms with van der Waals surface area (Å²) < 4.78 is 5.61. The Kier molecular flexibility index (Phi) is 7.94. The summed E-state index contributed by atoms with van der Waals surface area (Å²) in [6.45, 7) is 9.85. The number of nitrogens with one attached hydrogen (secondary N) is 1. The molecule has 0 bridgehead atoms. The Hall–Kier alpha value is -2.24. The summed E-state index contributed by atoms with van der Waals surface area (Å²) in [5.41, 5.74) is -0.185. The summed E-state index contributed by atoms with van der Waals surface area (Å²) in [4.78, 5) is 25.9. The van der Waals surface area contributed by atoms with Crippen LogP contribution in [0, 0.1) is 10.8 Å². The van der Waals surface area contributed by atoms with Crippen LogP contribution in [0.4, 0.5) is 9.59 Å². The number of ether oxygens (including phenoxy) is 1. The zero-order valence-corrected chi connectivity index (χ0v) is 18.2. The minimum atomic E-state index is -0.988. The summed E-state index contributed by atoms with van der Waals surface area (Å²) in [5.74, 6) is 0.539. The number of carbonyl (C=O) groups is 2. The molecular weight excluding hydrogens is 368 g/mol. The predicted octanol–water partition coefficient (Wildman–Crippen LogP) is 5.53. The van der Waals surface area contributed by atoms with E-state index in [0.29, 0.717) is 25.3 Å². The first-order valence-corrected chi connectivity index (χ1v) is 10.6. The van der Waals surface area contributed by atoms with Crippen LogP contribution in [0.2, 0.25) is 0 Å². The van der Waals surface area contributed by atoms with Gasteiger partial charge in [-0.25, -0.2) is 9.59 Å². The van der Waals surface area contributed by atoms with Gasteiger partial charge in [-0.05, 0) is 48.6 Å². The number of para-hydroxylation sites is 1. The molecule has 29 heavy (non-hydrogen) atoms. The van der Waals surface area contributed by atoms with Crippen LogP contribution >= 0.6 is 0 Å². The second-order valence-corrected chi connectivity index (χ2v) is 9.52. The average Bonchev–Trinajstić information content (AvgIpc) is 2.59. The third kappa shape index (κ3) is 7.59. The third-order valence-electron chi connectivity index (χ3n) is 5.58. The van der Waals surface area contributed by atoms with E-state index in [0.717, 1.165) is 32.1 Å². The quantitative estimate of drug-likeness (QED) is 0.558. The molecule has 6 nitrogen and oxygen atoms in total. The summed E-state index contributed by atoms with van der Waals surface area (Å²) in [5, 5.41) is 11.9. The molecule has 1 aromatic carbocycles. The van der Waals surface area contributed by atoms with Crippen molar-refractivity contribution >= 4 is 12.2 Å². The van der Waals surface area contributed by atoms with Crippen LogP contribution in [0.25, 0.3) is 0 Å². The van der Waals surface area contributed by atoms with Crippen molar-refractivity contribution in [1.82, 2.24) is 10.2 Å². The van der Waals surface area contributed by atoms with Gasteiger partial charge in [0.2, 0.25) is 0 Å². The molecule has 162 valence electrons. The van der Waals surface area contributed by atoms with Crippen LogP contribution in [0.5, 0.6) is 5.75 Å². The molecule has 1 aliphatic carbocycles. The molecule has 2 amide bonds. The van der Waals surface area contributed by atoms with Gasteiger partial charge in [0.25, 0.3) is 0 Å². The number of hydrogen-bond acceptors (Lipinski definition) is 3. The van der Waals surface area contributed by atoms with E-state index in [-0.39, 0.29) is 23.0 Å². The Morgan fingerprint density at radius 1 is 1.17 bits per heavy atom. The molecule has 0 aliphatic heterocycles. The van der Waals surface area contributed by atoms with E-state index in [9.17, 15) is 14.7 Å². The first-order valence-electron chi connectivity index (χ1n) is 10.6. The number of nitrogens with zero attached hydrogens (tertiary/aromatic N) is 1. The fourth-order valence-corrected chi connectivity index (χ4v) is 4.93. The highest BCUT2D eigenvalue weighted by Gasteiger charge is 2.43. The molecule has 6 heteroatoms. The second kappa shape index (κ2) is 9.99. The van der Waals surface area contributed by atoms with Gasteiger partial charge in [0.15, 0.2) is 0 Å². The van der Waals surface area contributed by atoms with Crippen molar-refractivity contribution in [3.05, 3.63) is 30.3 Å².